The maximum Gasteiger partial charge on any atom is 0.410 e. The third kappa shape index (κ3) is 3.65. The summed E-state index contributed by atoms with van der Waals surface area (Å²) in [5.74, 6) is -1.75. The van der Waals surface area contributed by atoms with Gasteiger partial charge in [-0.15, -0.1) is 0 Å². The van der Waals surface area contributed by atoms with E-state index in [-0.39, 0.29) is 25.1 Å². The molecule has 5 nitrogen and oxygen atoms in total. The summed E-state index contributed by atoms with van der Waals surface area (Å²) < 4.78 is 20.1. The Morgan fingerprint density at radius 1 is 1.39 bits per heavy atom. The summed E-state index contributed by atoms with van der Waals surface area (Å²) in [6.45, 7) is 5.30. The van der Waals surface area contributed by atoms with E-state index in [9.17, 15) is 19.1 Å². The van der Waals surface area contributed by atoms with Gasteiger partial charge >= 0.3 is 12.1 Å². The lowest BCUT2D eigenvalue weighted by molar-refractivity contribution is -0.143. The van der Waals surface area contributed by atoms with Gasteiger partial charge in [0.15, 0.2) is 0 Å². The predicted molar refractivity (Wildman–Crippen MR) is 85.8 cm³/mol. The number of amides is 1. The zero-order valence-electron chi connectivity index (χ0n) is 13.2. The standard InChI is InChI=1S/C16H19BrFNO4/c1-15(2,3)23-14(22)19-7-6-16(9-19,13(20)21)11-5-4-10(17)8-12(11)18/h4-5,8H,6-7,9H2,1-3H3,(H,20,21). The van der Waals surface area contributed by atoms with Crippen LogP contribution in [0.4, 0.5) is 9.18 Å². The number of ether oxygens (including phenoxy) is 1. The van der Waals surface area contributed by atoms with Gasteiger partial charge in [0.25, 0.3) is 0 Å². The van der Waals surface area contributed by atoms with Crippen LogP contribution in [0.2, 0.25) is 0 Å². The molecule has 126 valence electrons. The zero-order valence-corrected chi connectivity index (χ0v) is 14.8. The Hall–Kier alpha value is -1.63. The summed E-state index contributed by atoms with van der Waals surface area (Å²) in [5.41, 5.74) is -2.05. The monoisotopic (exact) mass is 387 g/mol. The van der Waals surface area contributed by atoms with Crippen LogP contribution >= 0.6 is 15.9 Å². The second-order valence-electron chi connectivity index (χ2n) is 6.66. The number of carbonyl (C=O) groups excluding carboxylic acids is 1. The molecule has 23 heavy (non-hydrogen) atoms. The highest BCUT2D eigenvalue weighted by atomic mass is 79.9. The SMILES string of the molecule is CC(C)(C)OC(=O)N1CCC(C(=O)O)(c2ccc(Br)cc2F)C1. The summed E-state index contributed by atoms with van der Waals surface area (Å²) in [4.78, 5) is 25.3. The number of carboxylic acids is 1. The van der Waals surface area contributed by atoms with Crippen molar-refractivity contribution in [1.82, 2.24) is 4.90 Å². The summed E-state index contributed by atoms with van der Waals surface area (Å²) >= 11 is 3.16. The number of carbonyl (C=O) groups is 2. The maximum absolute atomic E-state index is 14.3. The van der Waals surface area contributed by atoms with Gasteiger partial charge in [-0.2, -0.15) is 0 Å². The minimum absolute atomic E-state index is 0.0826. The van der Waals surface area contributed by atoms with Gasteiger partial charge in [-0.1, -0.05) is 22.0 Å². The molecule has 1 aliphatic heterocycles. The summed E-state index contributed by atoms with van der Waals surface area (Å²) in [5, 5.41) is 9.69. The molecule has 1 unspecified atom stereocenters. The van der Waals surface area contributed by atoms with Crippen LogP contribution in [0.15, 0.2) is 22.7 Å². The number of halogens is 2. The van der Waals surface area contributed by atoms with Gasteiger partial charge in [-0.3, -0.25) is 4.79 Å². The Kier molecular flexibility index (Phi) is 4.71. The van der Waals surface area contributed by atoms with Crippen LogP contribution in [0.3, 0.4) is 0 Å². The highest BCUT2D eigenvalue weighted by Gasteiger charge is 2.49. The molecule has 0 bridgehead atoms. The lowest BCUT2D eigenvalue weighted by Gasteiger charge is -2.27. The average Bonchev–Trinajstić information content (AvgIpc) is 2.83. The first-order valence-corrected chi connectivity index (χ1v) is 8.01. The molecule has 1 aliphatic rings. The molecule has 0 radical (unpaired) electrons. The molecule has 1 heterocycles. The van der Waals surface area contributed by atoms with Crippen LogP contribution in [0, 0.1) is 5.82 Å². The van der Waals surface area contributed by atoms with Gasteiger partial charge < -0.3 is 14.7 Å². The molecule has 1 atom stereocenters. The molecule has 2 rings (SSSR count). The van der Waals surface area contributed by atoms with E-state index in [1.807, 2.05) is 0 Å². The Labute approximate surface area is 142 Å². The lowest BCUT2D eigenvalue weighted by Crippen LogP contribution is -2.42. The van der Waals surface area contributed by atoms with E-state index in [0.717, 1.165) is 0 Å². The molecule has 0 saturated carbocycles. The number of hydrogen-bond acceptors (Lipinski definition) is 3. The maximum atomic E-state index is 14.3. The number of hydrogen-bond donors (Lipinski definition) is 1. The first-order valence-electron chi connectivity index (χ1n) is 7.22. The first kappa shape index (κ1) is 17.7. The van der Waals surface area contributed by atoms with E-state index >= 15 is 0 Å². The minimum Gasteiger partial charge on any atom is -0.481 e. The van der Waals surface area contributed by atoms with Gasteiger partial charge in [-0.05, 0) is 39.3 Å². The van der Waals surface area contributed by atoms with Crippen molar-refractivity contribution in [2.75, 3.05) is 13.1 Å². The van der Waals surface area contributed by atoms with Crippen molar-refractivity contribution in [3.63, 3.8) is 0 Å². The van der Waals surface area contributed by atoms with E-state index in [1.165, 1.54) is 17.0 Å². The van der Waals surface area contributed by atoms with Gasteiger partial charge in [-0.25, -0.2) is 9.18 Å². The zero-order chi connectivity index (χ0) is 17.4. The van der Waals surface area contributed by atoms with Crippen molar-refractivity contribution < 1.29 is 23.8 Å². The second kappa shape index (κ2) is 6.11. The van der Waals surface area contributed by atoms with Crippen LogP contribution in [0.1, 0.15) is 32.8 Å². The summed E-state index contributed by atoms with van der Waals surface area (Å²) in [6.07, 6.45) is -0.446. The van der Waals surface area contributed by atoms with Crippen molar-refractivity contribution >= 4 is 28.0 Å². The van der Waals surface area contributed by atoms with Crippen molar-refractivity contribution in [3.8, 4) is 0 Å². The summed E-state index contributed by atoms with van der Waals surface area (Å²) in [7, 11) is 0. The van der Waals surface area contributed by atoms with Gasteiger partial charge in [0.1, 0.15) is 16.8 Å². The molecule has 1 saturated heterocycles. The fraction of sp³-hybridized carbons (Fsp3) is 0.500. The normalized spacial score (nSPS) is 21.3. The van der Waals surface area contributed by atoms with Gasteiger partial charge in [0.05, 0.1) is 0 Å². The Balaban J connectivity index is 2.31. The number of likely N-dealkylation sites (tertiary alicyclic amines) is 1. The minimum atomic E-state index is -1.46. The molecule has 0 aliphatic carbocycles. The van der Waals surface area contributed by atoms with Gasteiger partial charge in [0, 0.05) is 23.1 Å². The van der Waals surface area contributed by atoms with Gasteiger partial charge in [0.2, 0.25) is 0 Å². The Morgan fingerprint density at radius 2 is 2.04 bits per heavy atom. The third-order valence-corrected chi connectivity index (χ3v) is 4.27. The third-order valence-electron chi connectivity index (χ3n) is 3.78. The predicted octanol–water partition coefficient (Wildman–Crippen LogP) is 3.55. The fourth-order valence-electron chi connectivity index (χ4n) is 2.68. The van der Waals surface area contributed by atoms with Crippen molar-refractivity contribution in [2.45, 2.75) is 38.2 Å². The molecule has 1 amide bonds. The molecule has 1 aromatic carbocycles. The Bertz CT molecular complexity index is 643. The van der Waals surface area contributed by atoms with E-state index in [2.05, 4.69) is 15.9 Å². The molecule has 1 N–H and O–H groups in total. The van der Waals surface area contributed by atoms with E-state index in [1.54, 1.807) is 26.8 Å². The van der Waals surface area contributed by atoms with E-state index in [0.29, 0.717) is 4.47 Å². The van der Waals surface area contributed by atoms with Crippen LogP contribution in [-0.2, 0) is 14.9 Å². The molecular formula is C16H19BrFNO4. The van der Waals surface area contributed by atoms with E-state index in [4.69, 9.17) is 4.74 Å². The quantitative estimate of drug-likeness (QED) is 0.842. The number of aliphatic carboxylic acids is 1. The van der Waals surface area contributed by atoms with Crippen LogP contribution < -0.4 is 0 Å². The lowest BCUT2D eigenvalue weighted by atomic mass is 9.79. The average molecular weight is 388 g/mol. The number of rotatable bonds is 2. The second-order valence-corrected chi connectivity index (χ2v) is 7.58. The Morgan fingerprint density at radius 3 is 2.57 bits per heavy atom. The van der Waals surface area contributed by atoms with Crippen molar-refractivity contribution in [2.24, 2.45) is 0 Å². The molecular weight excluding hydrogens is 369 g/mol. The van der Waals surface area contributed by atoms with Crippen LogP contribution in [0.25, 0.3) is 0 Å². The van der Waals surface area contributed by atoms with Crippen molar-refractivity contribution in [1.29, 1.82) is 0 Å². The van der Waals surface area contributed by atoms with Crippen LogP contribution in [-0.4, -0.2) is 40.8 Å². The van der Waals surface area contributed by atoms with E-state index < -0.39 is 28.9 Å². The molecule has 0 spiro atoms. The number of carboxylic acid groups (broad SMARTS) is 1. The van der Waals surface area contributed by atoms with Crippen molar-refractivity contribution in [3.05, 3.63) is 34.1 Å². The molecule has 1 aromatic rings. The highest BCUT2D eigenvalue weighted by molar-refractivity contribution is 9.10. The molecule has 7 heteroatoms. The van der Waals surface area contributed by atoms with Crippen LogP contribution in [0.5, 0.6) is 0 Å². The fourth-order valence-corrected chi connectivity index (χ4v) is 3.01. The molecule has 1 fully saturated rings. The number of nitrogens with zero attached hydrogens (tertiary/aromatic N) is 1. The smallest absolute Gasteiger partial charge is 0.410 e. The number of benzene rings is 1. The first-order chi connectivity index (χ1) is 10.5. The molecule has 0 aromatic heterocycles. The highest BCUT2D eigenvalue weighted by Crippen LogP contribution is 2.37. The summed E-state index contributed by atoms with van der Waals surface area (Å²) in [6, 6.07) is 4.28. The largest absolute Gasteiger partial charge is 0.481 e. The topological polar surface area (TPSA) is 66.8 Å².